The molecule has 1 N–H and O–H groups in total. The number of ether oxygens (including phenoxy) is 1. The summed E-state index contributed by atoms with van der Waals surface area (Å²) in [5.41, 5.74) is 8.18. The number of pyridine rings is 1. The molecule has 3 aromatic heterocycles. The van der Waals surface area contributed by atoms with Crippen LogP contribution < -0.4 is 10.2 Å². The van der Waals surface area contributed by atoms with Crippen LogP contribution in [0.2, 0.25) is 5.02 Å². The van der Waals surface area contributed by atoms with Crippen LogP contribution >= 0.6 is 36.4 Å². The summed E-state index contributed by atoms with van der Waals surface area (Å²) in [6.45, 7) is 9.59. The molecule has 2 amide bonds. The maximum atomic E-state index is 13.3. The van der Waals surface area contributed by atoms with Gasteiger partial charge in [0.05, 0.1) is 31.8 Å². The molecule has 5 aromatic rings. The molecule has 296 valence electrons. The molecule has 2 aliphatic heterocycles. The highest BCUT2D eigenvalue weighted by molar-refractivity contribution is 7.59. The first kappa shape index (κ1) is 40.3. The average Bonchev–Trinajstić information content (AvgIpc) is 3.84. The van der Waals surface area contributed by atoms with Crippen molar-refractivity contribution in [2.24, 2.45) is 4.99 Å². The van der Waals surface area contributed by atoms with E-state index < -0.39 is 6.04 Å². The Morgan fingerprint density at radius 1 is 0.912 bits per heavy atom. The minimum Gasteiger partial charge on any atom is -0.379 e. The zero-order valence-corrected chi connectivity index (χ0v) is 34.8. The molecule has 1 atom stereocenters. The summed E-state index contributed by atoms with van der Waals surface area (Å²) >= 11 is 7.89. The van der Waals surface area contributed by atoms with E-state index in [-0.39, 0.29) is 57.1 Å². The van der Waals surface area contributed by atoms with Gasteiger partial charge < -0.3 is 19.9 Å². The number of Topliss-reactive ketones (excluding diaryl/α,β-unsaturated/α-hetero) is 1. The van der Waals surface area contributed by atoms with E-state index in [0.717, 1.165) is 61.3 Å². The van der Waals surface area contributed by atoms with Crippen LogP contribution in [0.3, 0.4) is 0 Å². The number of thiophene rings is 1. The van der Waals surface area contributed by atoms with Crippen molar-refractivity contribution in [3.8, 4) is 16.1 Å². The fourth-order valence-corrected chi connectivity index (χ4v) is 8.96. The fourth-order valence-electron chi connectivity index (χ4n) is 7.62. The van der Waals surface area contributed by atoms with E-state index in [1.54, 1.807) is 11.3 Å². The van der Waals surface area contributed by atoms with Gasteiger partial charge in [-0.2, -0.15) is 13.5 Å². The zero-order chi connectivity index (χ0) is 38.9. The largest absolute Gasteiger partial charge is 0.379 e. The van der Waals surface area contributed by atoms with Crippen LogP contribution in [0, 0.1) is 20.8 Å². The number of carbonyl (C=O) groups is 3. The lowest BCUT2D eigenvalue weighted by molar-refractivity contribution is -0.132. The fraction of sp³-hybridized carbons (Fsp3) is 0.357. The number of aryl methyl sites for hydroxylation is 2. The van der Waals surface area contributed by atoms with E-state index in [2.05, 4.69) is 52.5 Å². The van der Waals surface area contributed by atoms with E-state index >= 15 is 0 Å². The molecule has 8 rings (SSSR count). The van der Waals surface area contributed by atoms with E-state index in [0.29, 0.717) is 56.4 Å². The molecule has 0 spiro atoms. The Morgan fingerprint density at radius 2 is 1.65 bits per heavy atom. The normalized spacial score (nSPS) is 16.0. The summed E-state index contributed by atoms with van der Waals surface area (Å²) in [5, 5.41) is 13.4. The van der Waals surface area contributed by atoms with Crippen LogP contribution in [-0.2, 0) is 32.0 Å². The van der Waals surface area contributed by atoms with Crippen molar-refractivity contribution in [1.82, 2.24) is 30.0 Å². The first-order valence-corrected chi connectivity index (χ1v) is 20.2. The van der Waals surface area contributed by atoms with Crippen molar-refractivity contribution in [3.05, 3.63) is 110 Å². The molecule has 1 aliphatic carbocycles. The molecule has 0 radical (unpaired) electrons. The van der Waals surface area contributed by atoms with Gasteiger partial charge in [-0.1, -0.05) is 41.9 Å². The van der Waals surface area contributed by atoms with Crippen molar-refractivity contribution in [2.45, 2.75) is 52.5 Å². The first-order valence-electron chi connectivity index (χ1n) is 19.0. The van der Waals surface area contributed by atoms with E-state index in [1.165, 1.54) is 4.88 Å². The number of halogens is 1. The van der Waals surface area contributed by atoms with Gasteiger partial charge >= 0.3 is 0 Å². The van der Waals surface area contributed by atoms with Crippen LogP contribution in [0.5, 0.6) is 0 Å². The smallest absolute Gasteiger partial charge is 0.225 e. The number of ketones is 1. The molecular formula is C42H45ClN8O4S2. The molecule has 2 aromatic carbocycles. The topological polar surface area (TPSA) is 135 Å². The number of aromatic nitrogens is 4. The Kier molecular flexibility index (Phi) is 12.2. The van der Waals surface area contributed by atoms with Gasteiger partial charge in [0, 0.05) is 78.4 Å². The molecule has 3 aliphatic rings. The van der Waals surface area contributed by atoms with Gasteiger partial charge in [-0.15, -0.1) is 21.5 Å². The Bertz CT molecular complexity index is 2330. The molecule has 0 unspecified atom stereocenters. The molecule has 0 saturated carbocycles. The lowest BCUT2D eigenvalue weighted by atomic mass is 9.99. The highest BCUT2D eigenvalue weighted by Gasteiger charge is 2.32. The second-order valence-corrected chi connectivity index (χ2v) is 16.1. The van der Waals surface area contributed by atoms with Gasteiger partial charge in [0.2, 0.25) is 11.8 Å². The second kappa shape index (κ2) is 17.3. The van der Waals surface area contributed by atoms with Crippen molar-refractivity contribution in [2.75, 3.05) is 50.8 Å². The minimum atomic E-state index is -0.556. The van der Waals surface area contributed by atoms with Gasteiger partial charge in [0.15, 0.2) is 5.82 Å². The number of carbonyl (C=O) groups excluding carboxylic acids is 3. The monoisotopic (exact) mass is 824 g/mol. The number of nitrogens with zero attached hydrogens (tertiary/aromatic N) is 7. The number of amides is 2. The zero-order valence-electron chi connectivity index (χ0n) is 32.2. The maximum Gasteiger partial charge on any atom is 0.225 e. The number of fused-ring (bicyclic) bond motifs is 4. The molecule has 1 fully saturated rings. The summed E-state index contributed by atoms with van der Waals surface area (Å²) in [4.78, 5) is 53.2. The number of hydrogen-bond acceptors (Lipinski definition) is 10. The Balaban J connectivity index is 0.00000496. The van der Waals surface area contributed by atoms with Crippen molar-refractivity contribution in [3.63, 3.8) is 0 Å². The molecule has 5 heterocycles. The number of piperazine rings is 1. The van der Waals surface area contributed by atoms with Gasteiger partial charge in [-0.3, -0.25) is 23.9 Å². The summed E-state index contributed by atoms with van der Waals surface area (Å²) in [6.07, 6.45) is 3.28. The molecular weight excluding hydrogens is 780 g/mol. The third-order valence-electron chi connectivity index (χ3n) is 10.8. The standard InChI is InChI=1S/C42H43ClN8O4S.H2S/c1-25-26(2)56-42-39(25)40(28-6-9-33(43)10-7-28)46-35(41-48-47-27(3)51(41)42)23-37(53)44-13-19-55-18-12-38(54)50-16-14-49(15-17-50)36-11-8-31(24-45-36)29-4-5-30-21-34(52)22-32(30)20-29;/h4-11,20,24,35H,12-19,21-23H2,1-3H3,(H,44,53);1H2/t35-;/m0./s1. The Hall–Kier alpha value is -4.89. The average molecular weight is 825 g/mol. The number of hydrogen-bond donors (Lipinski definition) is 1. The SMILES string of the molecule is Cc1sc2c(c1C)C(c1ccc(Cl)cc1)=N[C@@H](CC(=O)NCCOCCC(=O)N1CCN(c3ccc(-c4ccc5c(c4)CC(=O)C5)cn3)CC1)c1nnc(C)n1-2.S. The highest BCUT2D eigenvalue weighted by atomic mass is 35.5. The molecule has 12 nitrogen and oxygen atoms in total. The number of aliphatic imine (C=N–C) groups is 1. The van der Waals surface area contributed by atoms with E-state index in [9.17, 15) is 14.4 Å². The highest BCUT2D eigenvalue weighted by Crippen LogP contribution is 2.39. The predicted octanol–water partition coefficient (Wildman–Crippen LogP) is 5.90. The first-order chi connectivity index (χ1) is 27.1. The molecule has 0 bridgehead atoms. The van der Waals surface area contributed by atoms with Crippen molar-refractivity contribution in [1.29, 1.82) is 0 Å². The summed E-state index contributed by atoms with van der Waals surface area (Å²) in [5.74, 6) is 2.38. The Morgan fingerprint density at radius 3 is 2.40 bits per heavy atom. The van der Waals surface area contributed by atoms with Crippen LogP contribution in [-0.4, -0.2) is 93.9 Å². The molecule has 15 heteroatoms. The van der Waals surface area contributed by atoms with E-state index in [4.69, 9.17) is 26.3 Å². The number of rotatable bonds is 11. The van der Waals surface area contributed by atoms with Gasteiger partial charge in [-0.25, -0.2) is 4.98 Å². The Labute approximate surface area is 347 Å². The van der Waals surface area contributed by atoms with Crippen molar-refractivity contribution < 1.29 is 19.1 Å². The van der Waals surface area contributed by atoms with Crippen LogP contribution in [0.1, 0.15) is 63.2 Å². The molecule has 57 heavy (non-hydrogen) atoms. The predicted molar refractivity (Wildman–Crippen MR) is 228 cm³/mol. The quantitative estimate of drug-likeness (QED) is 0.163. The van der Waals surface area contributed by atoms with Crippen LogP contribution in [0.15, 0.2) is 65.8 Å². The number of anilines is 1. The lowest BCUT2D eigenvalue weighted by Gasteiger charge is -2.35. The van der Waals surface area contributed by atoms with Gasteiger partial charge in [-0.05, 0) is 67.3 Å². The third kappa shape index (κ3) is 8.54. The lowest BCUT2D eigenvalue weighted by Crippen LogP contribution is -2.49. The third-order valence-corrected chi connectivity index (χ3v) is 12.2. The maximum absolute atomic E-state index is 13.3. The number of benzene rings is 2. The molecule has 1 saturated heterocycles. The second-order valence-electron chi connectivity index (χ2n) is 14.5. The van der Waals surface area contributed by atoms with Gasteiger partial charge in [0.1, 0.15) is 28.5 Å². The van der Waals surface area contributed by atoms with Crippen LogP contribution in [0.4, 0.5) is 5.82 Å². The van der Waals surface area contributed by atoms with E-state index in [1.807, 2.05) is 59.0 Å². The van der Waals surface area contributed by atoms with Gasteiger partial charge in [0.25, 0.3) is 0 Å². The van der Waals surface area contributed by atoms with Crippen molar-refractivity contribution >= 4 is 65.6 Å². The number of nitrogens with one attached hydrogen (secondary N) is 1. The summed E-state index contributed by atoms with van der Waals surface area (Å²) in [6, 6.07) is 17.3. The van der Waals surface area contributed by atoms with Crippen LogP contribution in [0.25, 0.3) is 16.1 Å². The summed E-state index contributed by atoms with van der Waals surface area (Å²) in [7, 11) is 0. The summed E-state index contributed by atoms with van der Waals surface area (Å²) < 4.78 is 7.79. The minimum absolute atomic E-state index is 0.